The number of rotatable bonds is 4. The number of aromatic nitrogens is 2. The lowest BCUT2D eigenvalue weighted by molar-refractivity contribution is -0.117. The summed E-state index contributed by atoms with van der Waals surface area (Å²) < 4.78 is 1.68. The zero-order valence-corrected chi connectivity index (χ0v) is 14.5. The number of hydrogen-bond donors (Lipinski definition) is 1. The number of halogens is 1. The van der Waals surface area contributed by atoms with Crippen LogP contribution in [0.5, 0.6) is 0 Å². The summed E-state index contributed by atoms with van der Waals surface area (Å²) in [6, 6.07) is 9.44. The van der Waals surface area contributed by atoms with Crippen LogP contribution >= 0.6 is 11.6 Å². The maximum absolute atomic E-state index is 12.3. The number of carbonyl (C=O) groups excluding carboxylic acids is 1. The summed E-state index contributed by atoms with van der Waals surface area (Å²) in [4.78, 5) is 12.3. The van der Waals surface area contributed by atoms with Gasteiger partial charge in [-0.05, 0) is 43.2 Å². The number of benzene rings is 1. The van der Waals surface area contributed by atoms with Gasteiger partial charge in [0.05, 0.1) is 11.9 Å². The first-order valence-corrected chi connectivity index (χ1v) is 8.77. The smallest absolute Gasteiger partial charge is 0.262 e. The van der Waals surface area contributed by atoms with E-state index >= 15 is 0 Å². The van der Waals surface area contributed by atoms with Gasteiger partial charge in [0.2, 0.25) is 0 Å². The summed E-state index contributed by atoms with van der Waals surface area (Å²) in [5.74, 6) is -0.311. The van der Waals surface area contributed by atoms with Crippen molar-refractivity contribution in [3.63, 3.8) is 0 Å². The molecule has 1 aromatic carbocycles. The second-order valence-electron chi connectivity index (χ2n) is 6.17. The van der Waals surface area contributed by atoms with E-state index in [2.05, 4.69) is 10.4 Å². The molecule has 3 rings (SSSR count). The van der Waals surface area contributed by atoms with Crippen molar-refractivity contribution in [3.05, 3.63) is 52.8 Å². The van der Waals surface area contributed by atoms with Gasteiger partial charge in [-0.25, -0.2) is 4.68 Å². The first kappa shape index (κ1) is 17.2. The molecule has 5 nitrogen and oxygen atoms in total. The van der Waals surface area contributed by atoms with Crippen LogP contribution in [0, 0.1) is 11.3 Å². The molecule has 1 heterocycles. The van der Waals surface area contributed by atoms with Gasteiger partial charge in [-0.15, -0.1) is 0 Å². The van der Waals surface area contributed by atoms with Crippen molar-refractivity contribution >= 4 is 23.6 Å². The Morgan fingerprint density at radius 2 is 2.00 bits per heavy atom. The third-order valence-electron chi connectivity index (χ3n) is 4.31. The van der Waals surface area contributed by atoms with Gasteiger partial charge < -0.3 is 5.32 Å². The van der Waals surface area contributed by atoms with Crippen LogP contribution in [0.15, 0.2) is 42.2 Å². The van der Waals surface area contributed by atoms with Crippen molar-refractivity contribution in [3.8, 4) is 11.8 Å². The average molecular weight is 355 g/mol. The highest BCUT2D eigenvalue weighted by atomic mass is 35.5. The molecule has 0 atom stereocenters. The van der Waals surface area contributed by atoms with Crippen LogP contribution in [0.4, 0.5) is 0 Å². The number of nitrogens with zero attached hydrogens (tertiary/aromatic N) is 3. The minimum atomic E-state index is -0.311. The van der Waals surface area contributed by atoms with Crippen molar-refractivity contribution < 1.29 is 4.79 Å². The summed E-state index contributed by atoms with van der Waals surface area (Å²) >= 11 is 5.89. The van der Waals surface area contributed by atoms with Crippen LogP contribution < -0.4 is 5.32 Å². The summed E-state index contributed by atoms with van der Waals surface area (Å²) in [7, 11) is 0. The highest BCUT2D eigenvalue weighted by Gasteiger charge is 2.18. The number of hydrogen-bond acceptors (Lipinski definition) is 3. The van der Waals surface area contributed by atoms with Gasteiger partial charge in [-0.1, -0.05) is 30.9 Å². The SMILES string of the molecule is N#C/C(=C/c1cnn(-c2ccc(Cl)cc2)c1)C(=O)NC1CCCCC1. The van der Waals surface area contributed by atoms with Gasteiger partial charge in [0.15, 0.2) is 0 Å². The molecule has 0 spiro atoms. The maximum atomic E-state index is 12.3. The molecule has 1 fully saturated rings. The van der Waals surface area contributed by atoms with Crippen LogP contribution in [0.2, 0.25) is 5.02 Å². The Hall–Kier alpha value is -2.58. The van der Waals surface area contributed by atoms with Crippen molar-refractivity contribution in [2.75, 3.05) is 0 Å². The molecule has 1 N–H and O–H groups in total. The zero-order valence-electron chi connectivity index (χ0n) is 13.8. The molecule has 1 saturated carbocycles. The second-order valence-corrected chi connectivity index (χ2v) is 6.61. The molecule has 1 aliphatic rings. The largest absolute Gasteiger partial charge is 0.349 e. The Morgan fingerprint density at radius 1 is 1.28 bits per heavy atom. The predicted octanol–water partition coefficient (Wildman–Crippen LogP) is 3.88. The van der Waals surface area contributed by atoms with Crippen molar-refractivity contribution in [2.45, 2.75) is 38.1 Å². The normalized spacial score (nSPS) is 15.6. The quantitative estimate of drug-likeness (QED) is 0.669. The van der Waals surface area contributed by atoms with Gasteiger partial charge in [-0.2, -0.15) is 10.4 Å². The van der Waals surface area contributed by atoms with Gasteiger partial charge in [0.25, 0.3) is 5.91 Å². The van der Waals surface area contributed by atoms with Crippen LogP contribution in [-0.2, 0) is 4.79 Å². The molecule has 1 aromatic heterocycles. The third kappa shape index (κ3) is 4.49. The third-order valence-corrected chi connectivity index (χ3v) is 4.56. The number of amides is 1. The lowest BCUT2D eigenvalue weighted by Gasteiger charge is -2.22. The fourth-order valence-corrected chi connectivity index (χ4v) is 3.10. The Kier molecular flexibility index (Phi) is 5.52. The molecule has 6 heteroatoms. The summed E-state index contributed by atoms with van der Waals surface area (Å²) in [5.41, 5.74) is 1.65. The van der Waals surface area contributed by atoms with Gasteiger partial charge >= 0.3 is 0 Å². The van der Waals surface area contributed by atoms with Crippen molar-refractivity contribution in [2.24, 2.45) is 0 Å². The second kappa shape index (κ2) is 8.00. The molecule has 128 valence electrons. The molecular weight excluding hydrogens is 336 g/mol. The molecule has 0 unspecified atom stereocenters. The van der Waals surface area contributed by atoms with Gasteiger partial charge in [0, 0.05) is 22.8 Å². The van der Waals surface area contributed by atoms with E-state index in [1.807, 2.05) is 18.2 Å². The average Bonchev–Trinajstić information content (AvgIpc) is 3.09. The monoisotopic (exact) mass is 354 g/mol. The van der Waals surface area contributed by atoms with E-state index in [0.717, 1.165) is 31.4 Å². The summed E-state index contributed by atoms with van der Waals surface area (Å²) in [5, 5.41) is 17.2. The Morgan fingerprint density at radius 3 is 2.68 bits per heavy atom. The molecule has 2 aromatic rings. The summed E-state index contributed by atoms with van der Waals surface area (Å²) in [6.45, 7) is 0. The number of carbonyl (C=O) groups is 1. The molecule has 0 aliphatic heterocycles. The van der Waals surface area contributed by atoms with Crippen molar-refractivity contribution in [1.82, 2.24) is 15.1 Å². The minimum Gasteiger partial charge on any atom is -0.349 e. The molecule has 0 bridgehead atoms. The first-order valence-electron chi connectivity index (χ1n) is 8.39. The minimum absolute atomic E-state index is 0.0984. The first-order chi connectivity index (χ1) is 12.2. The molecule has 25 heavy (non-hydrogen) atoms. The number of nitrogens with one attached hydrogen (secondary N) is 1. The fourth-order valence-electron chi connectivity index (χ4n) is 2.97. The maximum Gasteiger partial charge on any atom is 0.262 e. The topological polar surface area (TPSA) is 70.7 Å². The molecule has 1 amide bonds. The highest BCUT2D eigenvalue weighted by molar-refractivity contribution is 6.30. The van der Waals surface area contributed by atoms with E-state index in [1.54, 1.807) is 35.3 Å². The Balaban J connectivity index is 1.72. The van der Waals surface area contributed by atoms with E-state index in [-0.39, 0.29) is 17.5 Å². The standard InChI is InChI=1S/C19H19ClN4O/c20-16-6-8-18(9-7-16)24-13-14(12-22-24)10-15(11-21)19(25)23-17-4-2-1-3-5-17/h6-10,12-13,17H,1-5H2,(H,23,25)/b15-10-. The Bertz CT molecular complexity index is 811. The fraction of sp³-hybridized carbons (Fsp3) is 0.316. The van der Waals surface area contributed by atoms with E-state index in [4.69, 9.17) is 11.6 Å². The van der Waals surface area contributed by atoms with E-state index < -0.39 is 0 Å². The van der Waals surface area contributed by atoms with E-state index in [1.165, 1.54) is 6.42 Å². The predicted molar refractivity (Wildman–Crippen MR) is 97.2 cm³/mol. The molecule has 0 saturated heterocycles. The van der Waals surface area contributed by atoms with Crippen LogP contribution in [0.1, 0.15) is 37.7 Å². The molecule has 0 radical (unpaired) electrons. The zero-order chi connectivity index (χ0) is 17.6. The lowest BCUT2D eigenvalue weighted by Crippen LogP contribution is -2.36. The van der Waals surface area contributed by atoms with Crippen molar-refractivity contribution in [1.29, 1.82) is 5.26 Å². The highest BCUT2D eigenvalue weighted by Crippen LogP contribution is 2.18. The Labute approximate surface area is 151 Å². The van der Waals surface area contributed by atoms with Crippen LogP contribution in [0.3, 0.4) is 0 Å². The van der Waals surface area contributed by atoms with E-state index in [0.29, 0.717) is 10.6 Å². The number of nitriles is 1. The summed E-state index contributed by atoms with van der Waals surface area (Å²) in [6.07, 6.45) is 10.4. The molecule has 1 aliphatic carbocycles. The van der Waals surface area contributed by atoms with Gasteiger partial charge in [-0.3, -0.25) is 4.79 Å². The molecular formula is C19H19ClN4O. The van der Waals surface area contributed by atoms with Gasteiger partial charge in [0.1, 0.15) is 11.6 Å². The van der Waals surface area contributed by atoms with Crippen LogP contribution in [-0.4, -0.2) is 21.7 Å². The van der Waals surface area contributed by atoms with Crippen LogP contribution in [0.25, 0.3) is 11.8 Å². The lowest BCUT2D eigenvalue weighted by atomic mass is 9.95. The van der Waals surface area contributed by atoms with E-state index in [9.17, 15) is 10.1 Å².